The Kier molecular flexibility index (Phi) is 5.01. The molecule has 2 aromatic rings. The summed E-state index contributed by atoms with van der Waals surface area (Å²) in [5, 5.41) is 8.94. The van der Waals surface area contributed by atoms with Gasteiger partial charge in [0.1, 0.15) is 0 Å². The van der Waals surface area contributed by atoms with Crippen molar-refractivity contribution < 1.29 is 14.7 Å². The van der Waals surface area contributed by atoms with Crippen LogP contribution in [0.3, 0.4) is 0 Å². The molecule has 0 spiro atoms. The fourth-order valence-corrected chi connectivity index (χ4v) is 3.74. The zero-order valence-electron chi connectivity index (χ0n) is 13.4. The molecule has 1 heterocycles. The van der Waals surface area contributed by atoms with E-state index in [1.54, 1.807) is 18.2 Å². The van der Waals surface area contributed by atoms with E-state index in [1.807, 2.05) is 24.3 Å². The van der Waals surface area contributed by atoms with Gasteiger partial charge in [-0.15, -0.1) is 0 Å². The number of rotatable bonds is 4. The third kappa shape index (κ3) is 3.65. The summed E-state index contributed by atoms with van der Waals surface area (Å²) in [6.45, 7) is 2.08. The molecule has 1 amide bonds. The van der Waals surface area contributed by atoms with Crippen LogP contribution in [0.5, 0.6) is 0 Å². The third-order valence-electron chi connectivity index (χ3n) is 3.85. The van der Waals surface area contributed by atoms with Gasteiger partial charge in [0.05, 0.1) is 16.2 Å². The van der Waals surface area contributed by atoms with Crippen LogP contribution in [0.4, 0.5) is 5.69 Å². The summed E-state index contributed by atoms with van der Waals surface area (Å²) in [7, 11) is 0. The van der Waals surface area contributed by atoms with Gasteiger partial charge in [-0.05, 0) is 47.9 Å². The highest BCUT2D eigenvalue weighted by Gasteiger charge is 2.33. The minimum absolute atomic E-state index is 0.165. The van der Waals surface area contributed by atoms with E-state index in [-0.39, 0.29) is 11.5 Å². The van der Waals surface area contributed by atoms with Gasteiger partial charge in [-0.25, -0.2) is 4.79 Å². The van der Waals surface area contributed by atoms with Crippen LogP contribution in [-0.4, -0.2) is 21.3 Å². The number of anilines is 1. The lowest BCUT2D eigenvalue weighted by Gasteiger charge is -2.14. The van der Waals surface area contributed by atoms with Crippen molar-refractivity contribution in [3.05, 3.63) is 70.1 Å². The Morgan fingerprint density at radius 2 is 1.80 bits per heavy atom. The number of aryl methyl sites for hydroxylation is 1. The summed E-state index contributed by atoms with van der Waals surface area (Å²) < 4.78 is 0.489. The molecule has 4 nitrogen and oxygen atoms in total. The average Bonchev–Trinajstić information content (AvgIpc) is 2.89. The number of amides is 1. The van der Waals surface area contributed by atoms with Gasteiger partial charge in [-0.3, -0.25) is 9.69 Å². The minimum atomic E-state index is -0.978. The van der Waals surface area contributed by atoms with Gasteiger partial charge in [0.2, 0.25) is 0 Å². The molecule has 0 radical (unpaired) electrons. The topological polar surface area (TPSA) is 57.6 Å². The molecule has 6 heteroatoms. The molecule has 1 aliphatic rings. The lowest BCUT2D eigenvalue weighted by Crippen LogP contribution is -2.27. The molecular formula is C19H15NO3S2. The van der Waals surface area contributed by atoms with Crippen LogP contribution in [0.1, 0.15) is 28.4 Å². The minimum Gasteiger partial charge on any atom is -0.478 e. The Bertz CT molecular complexity index is 871. The molecular weight excluding hydrogens is 354 g/mol. The predicted octanol–water partition coefficient (Wildman–Crippen LogP) is 4.35. The maximum Gasteiger partial charge on any atom is 0.335 e. The number of carboxylic acid groups (broad SMARTS) is 1. The summed E-state index contributed by atoms with van der Waals surface area (Å²) in [4.78, 5) is 25.7. The Labute approximate surface area is 155 Å². The van der Waals surface area contributed by atoms with Crippen molar-refractivity contribution in [2.75, 3.05) is 4.90 Å². The van der Waals surface area contributed by atoms with Gasteiger partial charge >= 0.3 is 5.97 Å². The maximum atomic E-state index is 12.7. The normalized spacial score (nSPS) is 15.9. The lowest BCUT2D eigenvalue weighted by atomic mass is 10.1. The number of benzene rings is 2. The number of carboxylic acids is 1. The third-order valence-corrected chi connectivity index (χ3v) is 5.15. The zero-order chi connectivity index (χ0) is 18.0. The second-order valence-corrected chi connectivity index (χ2v) is 7.14. The monoisotopic (exact) mass is 369 g/mol. The molecule has 0 aliphatic carbocycles. The zero-order valence-corrected chi connectivity index (χ0v) is 15.1. The first-order valence-electron chi connectivity index (χ1n) is 7.70. The van der Waals surface area contributed by atoms with Crippen molar-refractivity contribution >= 4 is 51.9 Å². The predicted molar refractivity (Wildman–Crippen MR) is 105 cm³/mol. The molecule has 0 atom stereocenters. The molecule has 0 bridgehead atoms. The van der Waals surface area contributed by atoms with Crippen LogP contribution in [0.2, 0.25) is 0 Å². The van der Waals surface area contributed by atoms with Crippen LogP contribution in [-0.2, 0) is 11.2 Å². The van der Waals surface area contributed by atoms with E-state index in [2.05, 4.69) is 6.92 Å². The molecule has 3 rings (SSSR count). The quantitative estimate of drug-likeness (QED) is 0.641. The number of carbonyl (C=O) groups excluding carboxylic acids is 1. The van der Waals surface area contributed by atoms with Crippen molar-refractivity contribution in [2.24, 2.45) is 0 Å². The van der Waals surface area contributed by atoms with E-state index in [4.69, 9.17) is 17.3 Å². The highest BCUT2D eigenvalue weighted by molar-refractivity contribution is 8.27. The van der Waals surface area contributed by atoms with Gasteiger partial charge < -0.3 is 5.11 Å². The molecule has 1 N–H and O–H groups in total. The smallest absolute Gasteiger partial charge is 0.335 e. The van der Waals surface area contributed by atoms with Gasteiger partial charge in [0.25, 0.3) is 5.91 Å². The van der Waals surface area contributed by atoms with E-state index in [0.717, 1.165) is 17.7 Å². The SMILES string of the molecule is CCc1ccc(N2C(=O)/C(=C/c3ccc(C(=O)O)cc3)SC2=S)cc1. The molecule has 2 aromatic carbocycles. The van der Waals surface area contributed by atoms with E-state index in [9.17, 15) is 9.59 Å². The molecule has 1 fully saturated rings. The highest BCUT2D eigenvalue weighted by atomic mass is 32.2. The van der Waals surface area contributed by atoms with Crippen molar-refractivity contribution in [2.45, 2.75) is 13.3 Å². The van der Waals surface area contributed by atoms with E-state index >= 15 is 0 Å². The number of hydrogen-bond acceptors (Lipinski definition) is 4. The second kappa shape index (κ2) is 7.21. The molecule has 1 aliphatic heterocycles. The maximum absolute atomic E-state index is 12.7. The van der Waals surface area contributed by atoms with E-state index < -0.39 is 5.97 Å². The number of carbonyl (C=O) groups is 2. The molecule has 0 saturated carbocycles. The van der Waals surface area contributed by atoms with Crippen LogP contribution < -0.4 is 4.90 Å². The first-order valence-corrected chi connectivity index (χ1v) is 8.92. The molecule has 126 valence electrons. The fraction of sp³-hybridized carbons (Fsp3) is 0.105. The van der Waals surface area contributed by atoms with Crippen molar-refractivity contribution in [3.63, 3.8) is 0 Å². The van der Waals surface area contributed by atoms with E-state index in [0.29, 0.717) is 9.23 Å². The first-order chi connectivity index (χ1) is 12.0. The van der Waals surface area contributed by atoms with Crippen LogP contribution in [0.25, 0.3) is 6.08 Å². The van der Waals surface area contributed by atoms with E-state index in [1.165, 1.54) is 34.4 Å². The Morgan fingerprint density at radius 3 is 2.36 bits per heavy atom. The number of aromatic carboxylic acids is 1. The summed E-state index contributed by atoms with van der Waals surface area (Å²) >= 11 is 6.60. The van der Waals surface area contributed by atoms with Crippen molar-refractivity contribution in [3.8, 4) is 0 Å². The molecule has 25 heavy (non-hydrogen) atoms. The average molecular weight is 369 g/mol. The van der Waals surface area contributed by atoms with Crippen LogP contribution in [0.15, 0.2) is 53.4 Å². The Morgan fingerprint density at radius 1 is 1.16 bits per heavy atom. The van der Waals surface area contributed by atoms with Gasteiger partial charge in [0.15, 0.2) is 4.32 Å². The number of nitrogens with zero attached hydrogens (tertiary/aromatic N) is 1. The highest BCUT2D eigenvalue weighted by Crippen LogP contribution is 2.36. The summed E-state index contributed by atoms with van der Waals surface area (Å²) in [6.07, 6.45) is 2.66. The van der Waals surface area contributed by atoms with Crippen LogP contribution in [0, 0.1) is 0 Å². The number of thiocarbonyl (C=S) groups is 1. The fourth-order valence-electron chi connectivity index (χ4n) is 2.44. The summed E-state index contributed by atoms with van der Waals surface area (Å²) in [5.41, 5.74) is 2.92. The Balaban J connectivity index is 1.85. The first kappa shape index (κ1) is 17.4. The number of hydrogen-bond donors (Lipinski definition) is 1. The standard InChI is InChI=1S/C19H15NO3S2/c1-2-12-5-9-15(10-6-12)20-17(21)16(25-19(20)24)11-13-3-7-14(8-4-13)18(22)23/h3-11H,2H2,1H3,(H,22,23)/b16-11-. The largest absolute Gasteiger partial charge is 0.478 e. The molecule has 0 unspecified atom stereocenters. The van der Waals surface area contributed by atoms with Gasteiger partial charge in [-0.2, -0.15) is 0 Å². The van der Waals surface area contributed by atoms with Gasteiger partial charge in [0, 0.05) is 0 Å². The van der Waals surface area contributed by atoms with Crippen LogP contribution >= 0.6 is 24.0 Å². The summed E-state index contributed by atoms with van der Waals surface area (Å²) in [5.74, 6) is -1.14. The Hall–Kier alpha value is -2.44. The molecule has 1 saturated heterocycles. The van der Waals surface area contributed by atoms with Gasteiger partial charge in [-0.1, -0.05) is 55.2 Å². The lowest BCUT2D eigenvalue weighted by molar-refractivity contribution is -0.113. The van der Waals surface area contributed by atoms with Crippen molar-refractivity contribution in [1.82, 2.24) is 0 Å². The second-order valence-electron chi connectivity index (χ2n) is 5.46. The van der Waals surface area contributed by atoms with Crippen molar-refractivity contribution in [1.29, 1.82) is 0 Å². The summed E-state index contributed by atoms with van der Waals surface area (Å²) in [6, 6.07) is 14.1. The number of thioether (sulfide) groups is 1. The molecule has 0 aromatic heterocycles.